The van der Waals surface area contributed by atoms with Gasteiger partial charge in [-0.1, -0.05) is 13.8 Å². The maximum absolute atomic E-state index is 14.1. The monoisotopic (exact) mass is 450 g/mol. The number of aliphatic hydroxyl groups is 2. The summed E-state index contributed by atoms with van der Waals surface area (Å²) in [4.78, 5) is 3.55. The van der Waals surface area contributed by atoms with Crippen LogP contribution in [-0.4, -0.2) is 54.0 Å². The van der Waals surface area contributed by atoms with E-state index in [2.05, 4.69) is 25.6 Å². The van der Waals surface area contributed by atoms with E-state index in [1.807, 2.05) is 0 Å². The Kier molecular flexibility index (Phi) is 6.79. The van der Waals surface area contributed by atoms with Gasteiger partial charge in [-0.25, -0.2) is 5.12 Å². The Morgan fingerprint density at radius 2 is 1.88 bits per heavy atom. The highest BCUT2D eigenvalue weighted by molar-refractivity contribution is 5.25. The fourth-order valence-electron chi connectivity index (χ4n) is 8.88. The average molecular weight is 451 g/mol. The Bertz CT molecular complexity index is 719. The summed E-state index contributed by atoms with van der Waals surface area (Å²) in [6.07, 6.45) is 11.5. The summed E-state index contributed by atoms with van der Waals surface area (Å²) in [6, 6.07) is 0. The van der Waals surface area contributed by atoms with E-state index in [0.717, 1.165) is 38.5 Å². The number of aliphatic imine (C=N–C) groups is 1. The zero-order chi connectivity index (χ0) is 23.1. The van der Waals surface area contributed by atoms with Crippen LogP contribution in [0.3, 0.4) is 0 Å². The van der Waals surface area contributed by atoms with Crippen LogP contribution in [0, 0.1) is 40.4 Å². The predicted molar refractivity (Wildman–Crippen MR) is 125 cm³/mol. The van der Waals surface area contributed by atoms with Crippen LogP contribution >= 0.6 is 0 Å². The topological polar surface area (TPSA) is 65.3 Å². The normalized spacial score (nSPS) is 46.9. The zero-order valence-corrected chi connectivity index (χ0v) is 20.2. The first-order valence-corrected chi connectivity index (χ1v) is 12.6. The Morgan fingerprint density at radius 1 is 1.12 bits per heavy atom. The van der Waals surface area contributed by atoms with Crippen molar-refractivity contribution in [2.24, 2.45) is 45.4 Å². The largest absolute Gasteiger partial charge is 0.391 e. The summed E-state index contributed by atoms with van der Waals surface area (Å²) in [5.41, 5.74) is -0.291. The van der Waals surface area contributed by atoms with E-state index in [-0.39, 0.29) is 17.9 Å². The quantitative estimate of drug-likeness (QED) is 0.434. The molecule has 182 valence electrons. The summed E-state index contributed by atoms with van der Waals surface area (Å²) < 4.78 is 19.5. The number of ether oxygens (including phenoxy) is 1. The highest BCUT2D eigenvalue weighted by Crippen LogP contribution is 2.68. The highest BCUT2D eigenvalue weighted by Gasteiger charge is 2.62. The van der Waals surface area contributed by atoms with Crippen molar-refractivity contribution in [2.45, 2.75) is 83.3 Å². The second-order valence-electron chi connectivity index (χ2n) is 11.9. The fourth-order valence-corrected chi connectivity index (χ4v) is 8.88. The Balaban J connectivity index is 1.47. The van der Waals surface area contributed by atoms with Crippen molar-refractivity contribution in [3.8, 4) is 0 Å². The van der Waals surface area contributed by atoms with Crippen molar-refractivity contribution in [3.63, 3.8) is 0 Å². The van der Waals surface area contributed by atoms with Crippen LogP contribution in [0.25, 0.3) is 0 Å². The van der Waals surface area contributed by atoms with Crippen LogP contribution in [0.15, 0.2) is 17.4 Å². The highest BCUT2D eigenvalue weighted by atomic mass is 19.2. The van der Waals surface area contributed by atoms with Gasteiger partial charge in [0.1, 0.15) is 0 Å². The zero-order valence-electron chi connectivity index (χ0n) is 20.2. The number of methoxy groups -OCH3 is 1. The molecule has 5 unspecified atom stereocenters. The molecule has 6 heteroatoms. The summed E-state index contributed by atoms with van der Waals surface area (Å²) in [5, 5.41) is 22.5. The Labute approximate surface area is 193 Å². The van der Waals surface area contributed by atoms with Crippen LogP contribution in [0.1, 0.15) is 71.6 Å². The molecule has 4 aliphatic rings. The van der Waals surface area contributed by atoms with Crippen LogP contribution in [0.2, 0.25) is 0 Å². The van der Waals surface area contributed by atoms with Crippen molar-refractivity contribution in [3.05, 3.63) is 12.4 Å². The summed E-state index contributed by atoms with van der Waals surface area (Å²) in [7, 11) is 1.68. The molecule has 0 spiro atoms. The maximum atomic E-state index is 14.1. The third-order valence-corrected chi connectivity index (χ3v) is 10.5. The third-order valence-electron chi connectivity index (χ3n) is 10.5. The lowest BCUT2D eigenvalue weighted by molar-refractivity contribution is -0.166. The molecule has 0 aromatic heterocycles. The van der Waals surface area contributed by atoms with Crippen molar-refractivity contribution in [1.82, 2.24) is 5.12 Å². The molecule has 32 heavy (non-hydrogen) atoms. The van der Waals surface area contributed by atoms with Gasteiger partial charge in [-0.3, -0.25) is 4.99 Å². The van der Waals surface area contributed by atoms with Gasteiger partial charge in [0.05, 0.1) is 31.1 Å². The summed E-state index contributed by atoms with van der Waals surface area (Å²) in [6.45, 7) is 8.62. The molecule has 4 aliphatic carbocycles. The van der Waals surface area contributed by atoms with Crippen LogP contribution in [-0.2, 0) is 4.74 Å². The minimum Gasteiger partial charge on any atom is -0.391 e. The molecule has 0 bridgehead atoms. The summed E-state index contributed by atoms with van der Waals surface area (Å²) >= 11 is 0. The number of rotatable bonds is 7. The first-order valence-electron chi connectivity index (χ1n) is 12.6. The smallest absolute Gasteiger partial charge is 0.0883 e. The standard InChI is InChI=1S/C26H43FN2O3/c1-24-11-12-26(31,17-32-4)15-18(24)5-6-19-20-7-8-22(25(20,2)10-9-21(19)24)23(30)16-29(27)14-13-28-3/h13-14,18-23,30-31H,3,5-12,15-17H2,1-2,4H3/b14-13-/t18-,19?,20?,21?,22?,23?,24-,25-,26+/m0/s1. The van der Waals surface area contributed by atoms with E-state index in [0.29, 0.717) is 40.8 Å². The third kappa shape index (κ3) is 4.05. The van der Waals surface area contributed by atoms with Gasteiger partial charge in [0.15, 0.2) is 0 Å². The maximum Gasteiger partial charge on any atom is 0.0883 e. The fraction of sp³-hybridized carbons (Fsp3) is 0.885. The Morgan fingerprint density at radius 3 is 2.59 bits per heavy atom. The van der Waals surface area contributed by atoms with Gasteiger partial charge in [-0.05, 0) is 105 Å². The van der Waals surface area contributed by atoms with Gasteiger partial charge in [-0.2, -0.15) is 0 Å². The van der Waals surface area contributed by atoms with Gasteiger partial charge in [0.25, 0.3) is 0 Å². The van der Waals surface area contributed by atoms with E-state index in [9.17, 15) is 14.7 Å². The molecule has 0 aliphatic heterocycles. The number of aliphatic hydroxyl groups excluding tert-OH is 1. The van der Waals surface area contributed by atoms with Crippen LogP contribution in [0.5, 0.6) is 0 Å². The van der Waals surface area contributed by atoms with Gasteiger partial charge < -0.3 is 14.9 Å². The van der Waals surface area contributed by atoms with Gasteiger partial charge in [0.2, 0.25) is 0 Å². The van der Waals surface area contributed by atoms with Gasteiger partial charge >= 0.3 is 0 Å². The first-order chi connectivity index (χ1) is 15.2. The second kappa shape index (κ2) is 8.99. The van der Waals surface area contributed by atoms with E-state index < -0.39 is 11.7 Å². The lowest BCUT2D eigenvalue weighted by Crippen LogP contribution is -2.57. The van der Waals surface area contributed by atoms with Crippen molar-refractivity contribution >= 4 is 6.72 Å². The molecule has 0 amide bonds. The molecule has 0 aromatic rings. The Hall–Kier alpha value is -0.980. The minimum absolute atomic E-state index is 0.00896. The van der Waals surface area contributed by atoms with Crippen molar-refractivity contribution in [1.29, 1.82) is 0 Å². The molecular formula is C26H43FN2O3. The van der Waals surface area contributed by atoms with Crippen molar-refractivity contribution in [2.75, 3.05) is 20.3 Å². The molecule has 2 N–H and O–H groups in total. The lowest BCUT2D eigenvalue weighted by atomic mass is 9.44. The summed E-state index contributed by atoms with van der Waals surface area (Å²) in [5.74, 6) is 2.70. The molecular weight excluding hydrogens is 407 g/mol. The minimum atomic E-state index is -0.674. The number of hydrogen-bond donors (Lipinski definition) is 2. The molecule has 4 rings (SSSR count). The van der Waals surface area contributed by atoms with E-state index in [1.165, 1.54) is 31.7 Å². The van der Waals surface area contributed by atoms with Crippen LogP contribution in [0.4, 0.5) is 4.48 Å². The predicted octanol–water partition coefficient (Wildman–Crippen LogP) is 4.74. The van der Waals surface area contributed by atoms with E-state index in [1.54, 1.807) is 7.11 Å². The second-order valence-corrected chi connectivity index (χ2v) is 11.9. The molecule has 9 atom stereocenters. The van der Waals surface area contributed by atoms with Crippen LogP contribution < -0.4 is 0 Å². The lowest BCUT2D eigenvalue weighted by Gasteiger charge is -2.62. The van der Waals surface area contributed by atoms with E-state index in [4.69, 9.17) is 4.74 Å². The first kappa shape index (κ1) is 24.2. The van der Waals surface area contributed by atoms with E-state index >= 15 is 0 Å². The number of nitrogens with zero attached hydrogens (tertiary/aromatic N) is 2. The number of fused-ring (bicyclic) bond motifs is 5. The molecule has 0 heterocycles. The van der Waals surface area contributed by atoms with Crippen molar-refractivity contribution < 1.29 is 19.4 Å². The molecule has 5 nitrogen and oxygen atoms in total. The molecule has 0 saturated heterocycles. The van der Waals surface area contributed by atoms with Gasteiger partial charge in [0, 0.05) is 13.3 Å². The SMILES string of the molecule is C=N/C=C\N(F)CC(O)C1CCC2C3CC[C@H]4C[C@@](O)(COC)CC[C@]4(C)C3CC[C@]12C. The van der Waals surface area contributed by atoms with Gasteiger partial charge in [-0.15, -0.1) is 4.48 Å². The average Bonchev–Trinajstić information content (AvgIpc) is 3.10. The molecule has 0 aromatic carbocycles. The number of hydrogen-bond acceptors (Lipinski definition) is 5. The molecule has 4 fully saturated rings. The number of halogens is 1. The molecule has 0 radical (unpaired) electrons. The molecule has 4 saturated carbocycles.